The minimum absolute atomic E-state index is 0.261. The minimum atomic E-state index is -1.31. The van der Waals surface area contributed by atoms with Gasteiger partial charge in [-0.05, 0) is 49.9 Å². The summed E-state index contributed by atoms with van der Waals surface area (Å²) in [7, 11) is 0. The van der Waals surface area contributed by atoms with Crippen molar-refractivity contribution in [2.24, 2.45) is 5.41 Å². The third kappa shape index (κ3) is 2.66. The van der Waals surface area contributed by atoms with E-state index in [9.17, 15) is 14.4 Å². The van der Waals surface area contributed by atoms with Gasteiger partial charge in [0, 0.05) is 12.2 Å². The third-order valence-corrected chi connectivity index (χ3v) is 6.80. The van der Waals surface area contributed by atoms with Gasteiger partial charge in [-0.2, -0.15) is 0 Å². The molecule has 2 aromatic carbocycles. The number of urea groups is 1. The number of nitrogens with one attached hydrogen (secondary N) is 1. The molecule has 2 atom stereocenters. The molecule has 5 rings (SSSR count). The number of barbiturate groups is 1. The Morgan fingerprint density at radius 1 is 0.967 bits per heavy atom. The summed E-state index contributed by atoms with van der Waals surface area (Å²) in [6.45, 7) is 2.76. The first-order chi connectivity index (χ1) is 14.5. The zero-order chi connectivity index (χ0) is 20.9. The molecule has 2 unspecified atom stereocenters. The van der Waals surface area contributed by atoms with Crippen LogP contribution in [0, 0.1) is 12.3 Å². The van der Waals surface area contributed by atoms with E-state index in [1.54, 1.807) is 12.1 Å². The van der Waals surface area contributed by atoms with E-state index in [0.717, 1.165) is 53.9 Å². The van der Waals surface area contributed by atoms with Gasteiger partial charge in [-0.3, -0.25) is 14.9 Å². The maximum atomic E-state index is 14.0. The van der Waals surface area contributed by atoms with Gasteiger partial charge in [-0.1, -0.05) is 48.7 Å². The average molecular weight is 403 g/mol. The summed E-state index contributed by atoms with van der Waals surface area (Å²) in [5.41, 5.74) is 2.31. The van der Waals surface area contributed by atoms with Crippen molar-refractivity contribution in [3.63, 3.8) is 0 Å². The van der Waals surface area contributed by atoms with Gasteiger partial charge in [0.2, 0.25) is 5.91 Å². The lowest BCUT2D eigenvalue weighted by Gasteiger charge is -2.51. The van der Waals surface area contributed by atoms with Gasteiger partial charge in [0.15, 0.2) is 5.41 Å². The molecule has 0 aliphatic carbocycles. The molecular formula is C24H25N3O3. The van der Waals surface area contributed by atoms with Crippen LogP contribution in [0.5, 0.6) is 0 Å². The van der Waals surface area contributed by atoms with Crippen molar-refractivity contribution in [1.29, 1.82) is 0 Å². The molecule has 4 amide bonds. The van der Waals surface area contributed by atoms with Crippen molar-refractivity contribution >= 4 is 29.2 Å². The van der Waals surface area contributed by atoms with E-state index >= 15 is 0 Å². The second kappa shape index (κ2) is 6.97. The Labute approximate surface area is 175 Å². The Morgan fingerprint density at radius 2 is 1.73 bits per heavy atom. The normalized spacial score (nSPS) is 26.2. The number of aryl methyl sites for hydroxylation is 1. The number of nitrogens with zero attached hydrogens (tertiary/aromatic N) is 2. The van der Waals surface area contributed by atoms with Crippen LogP contribution in [0.4, 0.5) is 16.2 Å². The number of amides is 4. The summed E-state index contributed by atoms with van der Waals surface area (Å²) in [5, 5.41) is 2.52. The molecule has 3 aliphatic heterocycles. The summed E-state index contributed by atoms with van der Waals surface area (Å²) in [4.78, 5) is 43.6. The average Bonchev–Trinajstić information content (AvgIpc) is 3.00. The van der Waals surface area contributed by atoms with Crippen molar-refractivity contribution in [2.45, 2.75) is 45.1 Å². The van der Waals surface area contributed by atoms with E-state index in [4.69, 9.17) is 0 Å². The van der Waals surface area contributed by atoms with Gasteiger partial charge in [0.25, 0.3) is 5.91 Å². The Morgan fingerprint density at radius 3 is 2.53 bits per heavy atom. The number of para-hydroxylation sites is 1. The number of imide groups is 2. The molecule has 0 bridgehead atoms. The second-order valence-electron chi connectivity index (χ2n) is 8.57. The smallest absolute Gasteiger partial charge is 0.335 e. The third-order valence-electron chi connectivity index (χ3n) is 6.80. The summed E-state index contributed by atoms with van der Waals surface area (Å²) in [6, 6.07) is 14.3. The maximum absolute atomic E-state index is 14.0. The van der Waals surface area contributed by atoms with Crippen molar-refractivity contribution in [3.8, 4) is 0 Å². The Hall–Kier alpha value is -3.15. The highest BCUT2D eigenvalue weighted by atomic mass is 16.2. The molecule has 0 radical (unpaired) electrons. The first kappa shape index (κ1) is 18.9. The van der Waals surface area contributed by atoms with E-state index in [0.29, 0.717) is 12.1 Å². The van der Waals surface area contributed by atoms with Crippen LogP contribution < -0.4 is 15.1 Å². The van der Waals surface area contributed by atoms with Crippen LogP contribution in [0.1, 0.15) is 36.8 Å². The SMILES string of the molecule is Cc1ccc(N2C(=O)NC(=O)C3(Cc4ccccc4N4CCCCCC43)C2=O)cc1. The molecule has 3 aliphatic rings. The number of anilines is 2. The fraction of sp³-hybridized carbons (Fsp3) is 0.375. The highest BCUT2D eigenvalue weighted by molar-refractivity contribution is 6.30. The Kier molecular flexibility index (Phi) is 4.38. The highest BCUT2D eigenvalue weighted by Crippen LogP contribution is 2.47. The summed E-state index contributed by atoms with van der Waals surface area (Å²) >= 11 is 0. The molecule has 6 heteroatoms. The first-order valence-corrected chi connectivity index (χ1v) is 10.6. The van der Waals surface area contributed by atoms with Crippen LogP contribution in [0.2, 0.25) is 0 Å². The molecule has 1 spiro atoms. The van der Waals surface area contributed by atoms with Crippen molar-refractivity contribution < 1.29 is 14.4 Å². The molecular weight excluding hydrogens is 378 g/mol. The lowest BCUT2D eigenvalue weighted by molar-refractivity contribution is -0.144. The van der Waals surface area contributed by atoms with Crippen LogP contribution in [0.15, 0.2) is 48.5 Å². The number of benzene rings is 2. The van der Waals surface area contributed by atoms with Crippen molar-refractivity contribution in [2.75, 3.05) is 16.3 Å². The number of carbonyl (C=O) groups excluding carboxylic acids is 3. The summed E-state index contributed by atoms with van der Waals surface area (Å²) in [6.07, 6.45) is 4.12. The predicted octanol–water partition coefficient (Wildman–Crippen LogP) is 3.57. The van der Waals surface area contributed by atoms with Gasteiger partial charge < -0.3 is 4.90 Å². The lowest BCUT2D eigenvalue weighted by atomic mass is 9.67. The molecule has 0 aromatic heterocycles. The molecule has 6 nitrogen and oxygen atoms in total. The fourth-order valence-electron chi connectivity index (χ4n) is 5.30. The molecule has 2 aromatic rings. The van der Waals surface area contributed by atoms with Gasteiger partial charge in [0.05, 0.1) is 11.7 Å². The van der Waals surface area contributed by atoms with E-state index in [1.165, 1.54) is 0 Å². The monoisotopic (exact) mass is 403 g/mol. The number of hydrogen-bond acceptors (Lipinski definition) is 4. The first-order valence-electron chi connectivity index (χ1n) is 10.6. The summed E-state index contributed by atoms with van der Waals surface area (Å²) in [5.74, 6) is -0.876. The molecule has 0 saturated carbocycles. The minimum Gasteiger partial charge on any atom is -0.367 e. The van der Waals surface area contributed by atoms with E-state index in [1.807, 2.05) is 37.3 Å². The van der Waals surface area contributed by atoms with Crippen LogP contribution >= 0.6 is 0 Å². The zero-order valence-corrected chi connectivity index (χ0v) is 17.1. The number of rotatable bonds is 1. The maximum Gasteiger partial charge on any atom is 0.335 e. The van der Waals surface area contributed by atoms with Gasteiger partial charge in [0.1, 0.15) is 0 Å². The van der Waals surface area contributed by atoms with E-state index < -0.39 is 23.3 Å². The van der Waals surface area contributed by atoms with Gasteiger partial charge in [-0.15, -0.1) is 0 Å². The topological polar surface area (TPSA) is 69.7 Å². The van der Waals surface area contributed by atoms with E-state index in [2.05, 4.69) is 16.3 Å². The number of fused-ring (bicyclic) bond motifs is 4. The molecule has 1 N–H and O–H groups in total. The number of carbonyl (C=O) groups is 3. The molecule has 3 heterocycles. The Balaban J connectivity index is 1.66. The lowest BCUT2D eigenvalue weighted by Crippen LogP contribution is -2.72. The van der Waals surface area contributed by atoms with Gasteiger partial charge in [-0.25, -0.2) is 9.69 Å². The molecule has 154 valence electrons. The fourth-order valence-corrected chi connectivity index (χ4v) is 5.30. The number of hydrogen-bond donors (Lipinski definition) is 1. The highest BCUT2D eigenvalue weighted by Gasteiger charge is 2.62. The van der Waals surface area contributed by atoms with Crippen LogP contribution in [-0.4, -0.2) is 30.4 Å². The van der Waals surface area contributed by atoms with Crippen LogP contribution in [0.25, 0.3) is 0 Å². The summed E-state index contributed by atoms with van der Waals surface area (Å²) < 4.78 is 0. The van der Waals surface area contributed by atoms with Crippen molar-refractivity contribution in [1.82, 2.24) is 5.32 Å². The predicted molar refractivity (Wildman–Crippen MR) is 114 cm³/mol. The molecule has 2 saturated heterocycles. The van der Waals surface area contributed by atoms with Gasteiger partial charge >= 0.3 is 6.03 Å². The van der Waals surface area contributed by atoms with Crippen LogP contribution in [0.3, 0.4) is 0 Å². The van der Waals surface area contributed by atoms with Crippen molar-refractivity contribution in [3.05, 3.63) is 59.7 Å². The Bertz CT molecular complexity index is 1030. The zero-order valence-electron chi connectivity index (χ0n) is 17.1. The molecule has 30 heavy (non-hydrogen) atoms. The second-order valence-corrected chi connectivity index (χ2v) is 8.57. The van der Waals surface area contributed by atoms with E-state index in [-0.39, 0.29) is 6.04 Å². The standard InChI is InChI=1S/C24H25N3O3/c1-16-10-12-18(13-11-16)27-22(29)24(21(28)25-23(27)30)15-17-7-4-5-8-19(17)26-14-6-2-3-9-20(24)26/h4-5,7-8,10-13,20H,2-3,6,9,14-15H2,1H3,(H,25,28,30). The molecule has 2 fully saturated rings. The van der Waals surface area contributed by atoms with Crippen LogP contribution in [-0.2, 0) is 16.0 Å². The largest absolute Gasteiger partial charge is 0.367 e. The quantitative estimate of drug-likeness (QED) is 0.739.